The molecular formula is C19H20N4O2. The van der Waals surface area contributed by atoms with Crippen LogP contribution in [0, 0.1) is 0 Å². The van der Waals surface area contributed by atoms with Gasteiger partial charge in [-0.25, -0.2) is 10.4 Å². The summed E-state index contributed by atoms with van der Waals surface area (Å²) in [6.45, 7) is 6.04. The zero-order valence-electron chi connectivity index (χ0n) is 14.3. The van der Waals surface area contributed by atoms with Gasteiger partial charge in [0.15, 0.2) is 11.5 Å². The van der Waals surface area contributed by atoms with Crippen LogP contribution >= 0.6 is 0 Å². The number of nitrogens with zero attached hydrogens (tertiary/aromatic N) is 3. The minimum atomic E-state index is 0.575. The van der Waals surface area contributed by atoms with Crippen molar-refractivity contribution in [3.05, 3.63) is 48.0 Å². The lowest BCUT2D eigenvalue weighted by molar-refractivity contribution is 0.171. The average molecular weight is 336 g/mol. The van der Waals surface area contributed by atoms with E-state index in [0.717, 1.165) is 46.3 Å². The van der Waals surface area contributed by atoms with Crippen LogP contribution in [0.3, 0.4) is 0 Å². The number of hydrogen-bond acceptors (Lipinski definition) is 5. The molecule has 1 N–H and O–H groups in total. The van der Waals surface area contributed by atoms with Crippen molar-refractivity contribution in [1.82, 2.24) is 9.55 Å². The van der Waals surface area contributed by atoms with Gasteiger partial charge in [-0.05, 0) is 44.2 Å². The molecule has 128 valence electrons. The van der Waals surface area contributed by atoms with Gasteiger partial charge >= 0.3 is 0 Å². The zero-order valence-corrected chi connectivity index (χ0v) is 14.3. The molecule has 0 unspecified atom stereocenters. The lowest BCUT2D eigenvalue weighted by Crippen LogP contribution is -2.15. The Kier molecular flexibility index (Phi) is 4.01. The Morgan fingerprint density at radius 1 is 1.16 bits per heavy atom. The normalized spacial score (nSPS) is 13.9. The van der Waals surface area contributed by atoms with E-state index in [-0.39, 0.29) is 0 Å². The summed E-state index contributed by atoms with van der Waals surface area (Å²) in [4.78, 5) is 4.62. The van der Waals surface area contributed by atoms with Gasteiger partial charge < -0.3 is 14.0 Å². The highest BCUT2D eigenvalue weighted by Crippen LogP contribution is 2.31. The van der Waals surface area contributed by atoms with Crippen LogP contribution in [0.4, 0.5) is 5.95 Å². The van der Waals surface area contributed by atoms with E-state index >= 15 is 0 Å². The summed E-state index contributed by atoms with van der Waals surface area (Å²) in [5.74, 6) is 2.28. The highest BCUT2D eigenvalue weighted by Gasteiger charge is 2.13. The Labute approximate surface area is 146 Å². The molecule has 0 atom stereocenters. The Morgan fingerprint density at radius 2 is 1.96 bits per heavy atom. The molecule has 0 fully saturated rings. The summed E-state index contributed by atoms with van der Waals surface area (Å²) in [5.41, 5.74) is 6.99. The molecule has 0 saturated carbocycles. The SMILES string of the molecule is CCn1c(N/N=C(\C)c2ccc3c(c2)OCCO3)nc2ccccc21. The van der Waals surface area contributed by atoms with Crippen molar-refractivity contribution >= 4 is 22.7 Å². The van der Waals surface area contributed by atoms with E-state index in [0.29, 0.717) is 13.2 Å². The van der Waals surface area contributed by atoms with E-state index in [1.807, 2.05) is 43.3 Å². The monoisotopic (exact) mass is 336 g/mol. The molecular weight excluding hydrogens is 316 g/mol. The van der Waals surface area contributed by atoms with Crippen LogP contribution in [0.2, 0.25) is 0 Å². The van der Waals surface area contributed by atoms with Crippen LogP contribution in [0.25, 0.3) is 11.0 Å². The molecule has 2 aromatic carbocycles. The predicted octanol–water partition coefficient (Wildman–Crippen LogP) is 3.66. The van der Waals surface area contributed by atoms with E-state index in [4.69, 9.17) is 9.47 Å². The van der Waals surface area contributed by atoms with E-state index < -0.39 is 0 Å². The molecule has 2 heterocycles. The van der Waals surface area contributed by atoms with E-state index in [2.05, 4.69) is 33.1 Å². The van der Waals surface area contributed by atoms with Gasteiger partial charge in [0.1, 0.15) is 13.2 Å². The number of benzene rings is 2. The van der Waals surface area contributed by atoms with Crippen LogP contribution in [0.15, 0.2) is 47.6 Å². The van der Waals surface area contributed by atoms with Crippen LogP contribution in [-0.2, 0) is 6.54 Å². The molecule has 4 rings (SSSR count). The molecule has 0 saturated heterocycles. The summed E-state index contributed by atoms with van der Waals surface area (Å²) >= 11 is 0. The first-order valence-corrected chi connectivity index (χ1v) is 8.42. The summed E-state index contributed by atoms with van der Waals surface area (Å²) < 4.78 is 13.3. The van der Waals surface area contributed by atoms with E-state index in [1.165, 1.54) is 0 Å². The minimum absolute atomic E-state index is 0.575. The van der Waals surface area contributed by atoms with Crippen LogP contribution in [0.5, 0.6) is 11.5 Å². The Morgan fingerprint density at radius 3 is 2.80 bits per heavy atom. The van der Waals surface area contributed by atoms with Gasteiger partial charge in [0, 0.05) is 12.1 Å². The van der Waals surface area contributed by atoms with Crippen LogP contribution in [-0.4, -0.2) is 28.5 Å². The Hall–Kier alpha value is -3.02. The quantitative estimate of drug-likeness (QED) is 0.583. The highest BCUT2D eigenvalue weighted by atomic mass is 16.6. The van der Waals surface area contributed by atoms with Crippen molar-refractivity contribution in [2.24, 2.45) is 5.10 Å². The summed E-state index contributed by atoms with van der Waals surface area (Å²) in [6, 6.07) is 13.9. The third-order valence-electron chi connectivity index (χ3n) is 4.25. The molecule has 0 amide bonds. The molecule has 0 radical (unpaired) electrons. The number of anilines is 1. The van der Waals surface area contributed by atoms with Crippen molar-refractivity contribution in [3.63, 3.8) is 0 Å². The second-order valence-electron chi connectivity index (χ2n) is 5.84. The molecule has 6 heteroatoms. The number of para-hydroxylation sites is 2. The second-order valence-corrected chi connectivity index (χ2v) is 5.84. The summed E-state index contributed by atoms with van der Waals surface area (Å²) in [7, 11) is 0. The summed E-state index contributed by atoms with van der Waals surface area (Å²) in [5, 5.41) is 4.50. The maximum atomic E-state index is 5.64. The van der Waals surface area contributed by atoms with Crippen molar-refractivity contribution < 1.29 is 9.47 Å². The Bertz CT molecular complexity index is 946. The molecule has 0 spiro atoms. The fourth-order valence-corrected chi connectivity index (χ4v) is 2.95. The number of imidazole rings is 1. The third-order valence-corrected chi connectivity index (χ3v) is 4.25. The van der Waals surface area contributed by atoms with Gasteiger partial charge in [0.2, 0.25) is 5.95 Å². The number of aromatic nitrogens is 2. The molecule has 6 nitrogen and oxygen atoms in total. The molecule has 25 heavy (non-hydrogen) atoms. The molecule has 1 aromatic heterocycles. The number of fused-ring (bicyclic) bond motifs is 2. The average Bonchev–Trinajstić information content (AvgIpc) is 3.03. The molecule has 0 aliphatic carbocycles. The van der Waals surface area contributed by atoms with Gasteiger partial charge in [0.05, 0.1) is 16.7 Å². The first kappa shape index (κ1) is 15.5. The van der Waals surface area contributed by atoms with Gasteiger partial charge in [-0.15, -0.1) is 0 Å². The van der Waals surface area contributed by atoms with Gasteiger partial charge in [-0.3, -0.25) is 0 Å². The van der Waals surface area contributed by atoms with Crippen molar-refractivity contribution in [1.29, 1.82) is 0 Å². The fourth-order valence-electron chi connectivity index (χ4n) is 2.95. The summed E-state index contributed by atoms with van der Waals surface area (Å²) in [6.07, 6.45) is 0. The lowest BCUT2D eigenvalue weighted by atomic mass is 10.1. The van der Waals surface area contributed by atoms with Gasteiger partial charge in [-0.2, -0.15) is 5.10 Å². The third kappa shape index (κ3) is 2.91. The number of hydrogen-bond donors (Lipinski definition) is 1. The standard InChI is InChI=1S/C19H20N4O2/c1-3-23-16-7-5-4-6-15(16)20-19(23)22-21-13(2)14-8-9-17-18(12-14)25-11-10-24-17/h4-9,12H,3,10-11H2,1-2H3,(H,20,22)/b21-13+. The van der Waals surface area contributed by atoms with Crippen LogP contribution < -0.4 is 14.9 Å². The van der Waals surface area contributed by atoms with Crippen molar-refractivity contribution in [2.45, 2.75) is 20.4 Å². The van der Waals surface area contributed by atoms with E-state index in [9.17, 15) is 0 Å². The maximum absolute atomic E-state index is 5.64. The zero-order chi connectivity index (χ0) is 17.2. The Balaban J connectivity index is 1.61. The fraction of sp³-hybridized carbons (Fsp3) is 0.263. The second kappa shape index (κ2) is 6.47. The number of nitrogens with one attached hydrogen (secondary N) is 1. The van der Waals surface area contributed by atoms with E-state index in [1.54, 1.807) is 0 Å². The predicted molar refractivity (Wildman–Crippen MR) is 98.7 cm³/mol. The number of rotatable bonds is 4. The van der Waals surface area contributed by atoms with Gasteiger partial charge in [-0.1, -0.05) is 12.1 Å². The number of aryl methyl sites for hydroxylation is 1. The van der Waals surface area contributed by atoms with Gasteiger partial charge in [0.25, 0.3) is 0 Å². The number of ether oxygens (including phenoxy) is 2. The molecule has 3 aromatic rings. The van der Waals surface area contributed by atoms with Crippen LogP contribution in [0.1, 0.15) is 19.4 Å². The van der Waals surface area contributed by atoms with Crippen molar-refractivity contribution in [3.8, 4) is 11.5 Å². The number of hydrazone groups is 1. The maximum Gasteiger partial charge on any atom is 0.224 e. The topological polar surface area (TPSA) is 60.7 Å². The van der Waals surface area contributed by atoms with Crippen molar-refractivity contribution in [2.75, 3.05) is 18.6 Å². The first-order chi connectivity index (χ1) is 12.3. The smallest absolute Gasteiger partial charge is 0.224 e. The highest BCUT2D eigenvalue weighted by molar-refractivity contribution is 5.99. The molecule has 1 aliphatic rings. The largest absolute Gasteiger partial charge is 0.486 e. The molecule has 1 aliphatic heterocycles. The molecule has 0 bridgehead atoms. The lowest BCUT2D eigenvalue weighted by Gasteiger charge is -2.18. The minimum Gasteiger partial charge on any atom is -0.486 e. The first-order valence-electron chi connectivity index (χ1n) is 8.42.